The van der Waals surface area contributed by atoms with Crippen molar-refractivity contribution >= 4 is 17.9 Å². The third-order valence-electron chi connectivity index (χ3n) is 6.79. The molecule has 0 fully saturated rings. The van der Waals surface area contributed by atoms with Gasteiger partial charge in [-0.2, -0.15) is 0 Å². The van der Waals surface area contributed by atoms with E-state index in [-0.39, 0.29) is 30.0 Å². The Bertz CT molecular complexity index is 1160. The average molecular weight is 568 g/mol. The number of benzene rings is 2. The van der Waals surface area contributed by atoms with Gasteiger partial charge < -0.3 is 25.4 Å². The Hall–Kier alpha value is -3.55. The Kier molecular flexibility index (Phi) is 12.7. The largest absolute Gasteiger partial charge is 0.508 e. The third-order valence-corrected chi connectivity index (χ3v) is 6.79. The number of phenols is 1. The Morgan fingerprint density at radius 2 is 1.63 bits per heavy atom. The fourth-order valence-corrected chi connectivity index (χ4v) is 4.82. The summed E-state index contributed by atoms with van der Waals surface area (Å²) in [5.74, 6) is -0.516. The van der Waals surface area contributed by atoms with E-state index >= 15 is 0 Å². The molecular formula is C33H49N3O5. The highest BCUT2D eigenvalue weighted by molar-refractivity contribution is 5.92. The number of ether oxygens (including phenoxy) is 1. The van der Waals surface area contributed by atoms with Crippen molar-refractivity contribution in [1.29, 1.82) is 0 Å². The van der Waals surface area contributed by atoms with Gasteiger partial charge in [0.1, 0.15) is 23.4 Å². The van der Waals surface area contributed by atoms with Crippen LogP contribution in [0.4, 0.5) is 4.79 Å². The molecule has 0 bridgehead atoms. The number of unbranched alkanes of at least 4 members (excludes halogenated alkanes) is 1. The maximum Gasteiger partial charge on any atom is 0.408 e. The predicted molar refractivity (Wildman–Crippen MR) is 163 cm³/mol. The smallest absolute Gasteiger partial charge is 0.408 e. The zero-order valence-corrected chi connectivity index (χ0v) is 26.0. The molecule has 3 N–H and O–H groups in total. The number of carbonyl (C=O) groups is 3. The lowest BCUT2D eigenvalue weighted by Crippen LogP contribution is -2.54. The molecule has 0 radical (unpaired) electrons. The number of hydrogen-bond donors (Lipinski definition) is 3. The summed E-state index contributed by atoms with van der Waals surface area (Å²) in [6, 6.07) is 10.5. The van der Waals surface area contributed by atoms with E-state index in [1.165, 1.54) is 0 Å². The zero-order valence-electron chi connectivity index (χ0n) is 26.0. The summed E-state index contributed by atoms with van der Waals surface area (Å²) in [6.45, 7) is 15.6. The summed E-state index contributed by atoms with van der Waals surface area (Å²) < 4.78 is 5.50. The molecular weight excluding hydrogens is 518 g/mol. The number of nitrogens with zero attached hydrogens (tertiary/aromatic N) is 1. The van der Waals surface area contributed by atoms with Crippen LogP contribution in [0.15, 0.2) is 42.5 Å². The number of carbonyl (C=O) groups excluding carboxylic acids is 3. The normalized spacial score (nSPS) is 13.6. The molecule has 8 nitrogen and oxygen atoms in total. The second-order valence-corrected chi connectivity index (χ2v) is 11.9. The molecule has 0 aliphatic heterocycles. The van der Waals surface area contributed by atoms with E-state index in [4.69, 9.17) is 4.74 Å². The first-order valence-electron chi connectivity index (χ1n) is 14.7. The van der Waals surface area contributed by atoms with E-state index in [9.17, 15) is 19.5 Å². The summed E-state index contributed by atoms with van der Waals surface area (Å²) in [7, 11) is 0. The van der Waals surface area contributed by atoms with Crippen molar-refractivity contribution in [3.05, 3.63) is 64.7 Å². The molecule has 0 saturated carbocycles. The molecule has 2 rings (SSSR count). The first-order valence-corrected chi connectivity index (χ1v) is 14.7. The molecule has 0 heterocycles. The van der Waals surface area contributed by atoms with Crippen molar-refractivity contribution in [3.63, 3.8) is 0 Å². The lowest BCUT2D eigenvalue weighted by Gasteiger charge is -2.36. The minimum atomic E-state index is -1.000. The molecule has 0 spiro atoms. The van der Waals surface area contributed by atoms with Crippen LogP contribution >= 0.6 is 0 Å². The molecule has 3 amide bonds. The zero-order chi connectivity index (χ0) is 30.7. The van der Waals surface area contributed by atoms with Gasteiger partial charge in [0.15, 0.2) is 0 Å². The van der Waals surface area contributed by atoms with Crippen molar-refractivity contribution in [1.82, 2.24) is 15.5 Å². The molecule has 0 aliphatic carbocycles. The first kappa shape index (κ1) is 33.7. The van der Waals surface area contributed by atoms with Crippen LogP contribution < -0.4 is 10.6 Å². The minimum Gasteiger partial charge on any atom is -0.508 e. The van der Waals surface area contributed by atoms with Crippen LogP contribution in [-0.2, 0) is 20.7 Å². The van der Waals surface area contributed by atoms with Crippen LogP contribution in [0.2, 0.25) is 0 Å². The van der Waals surface area contributed by atoms with Gasteiger partial charge in [-0.25, -0.2) is 4.79 Å². The van der Waals surface area contributed by atoms with Gasteiger partial charge in [-0.15, -0.1) is 0 Å². The molecule has 226 valence electrons. The van der Waals surface area contributed by atoms with Crippen molar-refractivity contribution in [3.8, 4) is 5.75 Å². The standard InChI is InChI=1S/C33H49N3O5/c1-9-11-19-36(29(30(38)34-24(5)12-10-2)27-18-13-22(3)20-23(27)4)31(39)28(35-32(40)41-33(6,7)8)21-25-14-16-26(37)17-15-25/h13-18,20,24,28-29,37H,9-12,19,21H2,1-8H3,(H,34,38)(H,35,40). The SMILES string of the molecule is CCCCN(C(=O)C(Cc1ccc(O)cc1)NC(=O)OC(C)(C)C)C(C(=O)NC(C)CCC)c1ccc(C)cc1C. The summed E-state index contributed by atoms with van der Waals surface area (Å²) in [6.07, 6.45) is 2.69. The molecule has 41 heavy (non-hydrogen) atoms. The number of amides is 3. The molecule has 0 aliphatic rings. The summed E-state index contributed by atoms with van der Waals surface area (Å²) >= 11 is 0. The van der Waals surface area contributed by atoms with Gasteiger partial charge >= 0.3 is 6.09 Å². The second kappa shape index (κ2) is 15.5. The number of aryl methyl sites for hydroxylation is 2. The van der Waals surface area contributed by atoms with E-state index in [1.54, 1.807) is 49.9 Å². The molecule has 3 unspecified atom stereocenters. The second-order valence-electron chi connectivity index (χ2n) is 11.9. The first-order chi connectivity index (χ1) is 19.2. The number of nitrogens with one attached hydrogen (secondary N) is 2. The molecule has 0 saturated heterocycles. The number of aromatic hydroxyl groups is 1. The fraction of sp³-hybridized carbons (Fsp3) is 0.545. The number of phenolic OH excluding ortho intramolecular Hbond substituents is 1. The van der Waals surface area contributed by atoms with Gasteiger partial charge in [0.25, 0.3) is 0 Å². The van der Waals surface area contributed by atoms with Crippen LogP contribution in [0.3, 0.4) is 0 Å². The Morgan fingerprint density at radius 3 is 2.20 bits per heavy atom. The highest BCUT2D eigenvalue weighted by atomic mass is 16.6. The van der Waals surface area contributed by atoms with Crippen LogP contribution in [0.1, 0.15) is 95.5 Å². The van der Waals surface area contributed by atoms with E-state index in [0.29, 0.717) is 13.0 Å². The van der Waals surface area contributed by atoms with Crippen molar-refractivity contribution in [2.45, 2.75) is 111 Å². The Morgan fingerprint density at radius 1 is 0.976 bits per heavy atom. The minimum absolute atomic E-state index is 0.0587. The number of alkyl carbamates (subject to hydrolysis) is 1. The third kappa shape index (κ3) is 10.7. The van der Waals surface area contributed by atoms with Crippen molar-refractivity contribution in [2.75, 3.05) is 6.54 Å². The topological polar surface area (TPSA) is 108 Å². The molecule has 2 aromatic carbocycles. The van der Waals surface area contributed by atoms with Gasteiger partial charge in [0.2, 0.25) is 11.8 Å². The average Bonchev–Trinajstić information content (AvgIpc) is 2.86. The van der Waals surface area contributed by atoms with Gasteiger partial charge in [0.05, 0.1) is 0 Å². The van der Waals surface area contributed by atoms with E-state index in [1.807, 2.05) is 45.9 Å². The van der Waals surface area contributed by atoms with Crippen LogP contribution in [-0.4, -0.2) is 52.1 Å². The Balaban J connectivity index is 2.60. The van der Waals surface area contributed by atoms with E-state index in [0.717, 1.165) is 41.5 Å². The molecule has 2 aromatic rings. The van der Waals surface area contributed by atoms with Crippen LogP contribution in [0, 0.1) is 13.8 Å². The summed E-state index contributed by atoms with van der Waals surface area (Å²) in [4.78, 5) is 42.9. The highest BCUT2D eigenvalue weighted by Crippen LogP contribution is 2.28. The molecule has 0 aromatic heterocycles. The molecule has 3 atom stereocenters. The molecule has 8 heteroatoms. The van der Waals surface area contributed by atoms with E-state index in [2.05, 4.69) is 17.6 Å². The van der Waals surface area contributed by atoms with Crippen molar-refractivity contribution < 1.29 is 24.2 Å². The fourth-order valence-electron chi connectivity index (χ4n) is 4.82. The van der Waals surface area contributed by atoms with Crippen molar-refractivity contribution in [2.24, 2.45) is 0 Å². The van der Waals surface area contributed by atoms with Crippen LogP contribution in [0.25, 0.3) is 0 Å². The van der Waals surface area contributed by atoms with Gasteiger partial charge in [-0.3, -0.25) is 9.59 Å². The number of rotatable bonds is 13. The lowest BCUT2D eigenvalue weighted by atomic mass is 9.95. The summed E-state index contributed by atoms with van der Waals surface area (Å²) in [5, 5.41) is 15.7. The predicted octanol–water partition coefficient (Wildman–Crippen LogP) is 6.12. The lowest BCUT2D eigenvalue weighted by molar-refractivity contribution is -0.142. The van der Waals surface area contributed by atoms with Gasteiger partial charge in [-0.1, -0.05) is 62.6 Å². The Labute approximate surface area is 245 Å². The maximum absolute atomic E-state index is 14.5. The van der Waals surface area contributed by atoms with Gasteiger partial charge in [-0.05, 0) is 83.2 Å². The quantitative estimate of drug-likeness (QED) is 0.270. The van der Waals surface area contributed by atoms with E-state index < -0.39 is 23.8 Å². The highest BCUT2D eigenvalue weighted by Gasteiger charge is 2.37. The monoisotopic (exact) mass is 567 g/mol. The summed E-state index contributed by atoms with van der Waals surface area (Å²) in [5.41, 5.74) is 2.72. The van der Waals surface area contributed by atoms with Crippen LogP contribution in [0.5, 0.6) is 5.75 Å². The van der Waals surface area contributed by atoms with Gasteiger partial charge in [0, 0.05) is 19.0 Å². The number of hydrogen-bond acceptors (Lipinski definition) is 5. The maximum atomic E-state index is 14.5.